The topological polar surface area (TPSA) is 115 Å². The van der Waals surface area contributed by atoms with Crippen LogP contribution >= 0.6 is 0 Å². The number of rotatable bonds is 12. The minimum atomic E-state index is -0.470. The molecule has 0 bridgehead atoms. The number of aliphatic hydroxyl groups excluding tert-OH is 1. The molecular weight excluding hydrogens is 541 g/mol. The van der Waals surface area contributed by atoms with Crippen LogP contribution in [0.1, 0.15) is 32.1 Å². The molecule has 5 rings (SSSR count). The zero-order valence-corrected chi connectivity index (χ0v) is 24.1. The summed E-state index contributed by atoms with van der Waals surface area (Å²) in [6.07, 6.45) is 4.65. The van der Waals surface area contributed by atoms with Gasteiger partial charge in [-0.25, -0.2) is 19.3 Å². The van der Waals surface area contributed by atoms with Gasteiger partial charge in [0.15, 0.2) is 23.2 Å². The maximum absolute atomic E-state index is 15.0. The molecule has 10 nitrogen and oxygen atoms in total. The van der Waals surface area contributed by atoms with Crippen molar-refractivity contribution in [1.82, 2.24) is 19.9 Å². The molecule has 11 heteroatoms. The number of anilines is 2. The first-order valence-corrected chi connectivity index (χ1v) is 14.1. The van der Waals surface area contributed by atoms with Crippen LogP contribution in [0.5, 0.6) is 17.2 Å². The Labute approximate surface area is 244 Å². The van der Waals surface area contributed by atoms with Gasteiger partial charge in [0.25, 0.3) is 0 Å². The van der Waals surface area contributed by atoms with Gasteiger partial charge in [0.2, 0.25) is 5.95 Å². The molecule has 2 N–H and O–H groups in total. The number of nitrogens with one attached hydrogen (secondary N) is 1. The number of halogens is 1. The summed E-state index contributed by atoms with van der Waals surface area (Å²) in [5, 5.41) is 12.2. The van der Waals surface area contributed by atoms with Crippen molar-refractivity contribution < 1.29 is 28.1 Å². The average Bonchev–Trinajstić information content (AvgIpc) is 3.44. The summed E-state index contributed by atoms with van der Waals surface area (Å²) < 4.78 is 38.0. The Morgan fingerprint density at radius 3 is 2.48 bits per heavy atom. The quantitative estimate of drug-likeness (QED) is 0.224. The third-order valence-electron chi connectivity index (χ3n) is 7.08. The number of methoxy groups -OCH3 is 2. The van der Waals surface area contributed by atoms with Crippen molar-refractivity contribution >= 4 is 11.6 Å². The fourth-order valence-corrected chi connectivity index (χ4v) is 4.92. The zero-order chi connectivity index (χ0) is 29.5. The molecule has 0 amide bonds. The molecule has 0 unspecified atom stereocenters. The Bertz CT molecular complexity index is 1470. The second-order valence-corrected chi connectivity index (χ2v) is 10.1. The maximum Gasteiger partial charge on any atom is 0.227 e. The van der Waals surface area contributed by atoms with Crippen LogP contribution in [0.4, 0.5) is 16.0 Å². The van der Waals surface area contributed by atoms with Crippen LogP contribution in [-0.2, 0) is 6.42 Å². The first-order valence-electron chi connectivity index (χ1n) is 14.1. The van der Waals surface area contributed by atoms with E-state index in [1.54, 1.807) is 44.7 Å². The standard InChI is InChI=1S/C31H36FN5O5/c1-4-5-28-36-29(20-16-23(39-2)19-24(17-20)40-3)30(42-28)26-8-11-33-31(35-26)34-21-6-7-27(25(32)18-21)41-22-9-12-37(13-10-22)14-15-38/h6-8,11,16-19,22,38H,4-5,9-10,12-15H2,1-3H3,(H,33,34,35). The molecular formula is C31H36FN5O5. The molecule has 4 aromatic rings. The van der Waals surface area contributed by atoms with Crippen LogP contribution in [0.25, 0.3) is 22.7 Å². The summed E-state index contributed by atoms with van der Waals surface area (Å²) >= 11 is 0. The summed E-state index contributed by atoms with van der Waals surface area (Å²) in [6, 6.07) is 12.0. The van der Waals surface area contributed by atoms with Crippen LogP contribution in [-0.4, -0.2) is 71.5 Å². The maximum atomic E-state index is 15.0. The Morgan fingerprint density at radius 1 is 1.05 bits per heavy atom. The number of aryl methyl sites for hydroxylation is 1. The normalized spacial score (nSPS) is 14.1. The van der Waals surface area contributed by atoms with Gasteiger partial charge in [-0.15, -0.1) is 0 Å². The van der Waals surface area contributed by atoms with Gasteiger partial charge in [0.1, 0.15) is 29.0 Å². The predicted octanol–water partition coefficient (Wildman–Crippen LogP) is 5.49. The first-order chi connectivity index (χ1) is 20.5. The number of piperidine rings is 1. The number of aliphatic hydroxyl groups is 1. The third-order valence-corrected chi connectivity index (χ3v) is 7.08. The summed E-state index contributed by atoms with van der Waals surface area (Å²) in [7, 11) is 3.19. The second-order valence-electron chi connectivity index (χ2n) is 10.1. The highest BCUT2D eigenvalue weighted by atomic mass is 19.1. The lowest BCUT2D eigenvalue weighted by Gasteiger charge is -2.31. The van der Waals surface area contributed by atoms with E-state index in [9.17, 15) is 4.39 Å². The van der Waals surface area contributed by atoms with E-state index in [4.69, 9.17) is 28.7 Å². The lowest BCUT2D eigenvalue weighted by molar-refractivity contribution is 0.0862. The monoisotopic (exact) mass is 577 g/mol. The van der Waals surface area contributed by atoms with Crippen molar-refractivity contribution in [2.75, 3.05) is 45.8 Å². The van der Waals surface area contributed by atoms with Gasteiger partial charge in [0, 0.05) is 55.6 Å². The number of oxazole rings is 1. The number of β-amino-alcohol motifs (C(OH)–C–C–N with tert-alkyl or cyclic N) is 1. The Hall–Kier alpha value is -4.22. The van der Waals surface area contributed by atoms with Crippen LogP contribution in [0, 0.1) is 5.82 Å². The molecule has 3 heterocycles. The largest absolute Gasteiger partial charge is 0.497 e. The fourth-order valence-electron chi connectivity index (χ4n) is 4.92. The Kier molecular flexibility index (Phi) is 9.50. The van der Waals surface area contributed by atoms with E-state index in [0.29, 0.717) is 53.2 Å². The number of benzene rings is 2. The molecule has 2 aromatic carbocycles. The molecule has 0 saturated carbocycles. The van der Waals surface area contributed by atoms with E-state index in [2.05, 4.69) is 27.1 Å². The summed E-state index contributed by atoms with van der Waals surface area (Å²) in [6.45, 7) is 4.48. The van der Waals surface area contributed by atoms with Crippen molar-refractivity contribution in [3.8, 4) is 40.0 Å². The van der Waals surface area contributed by atoms with Gasteiger partial charge in [-0.05, 0) is 49.6 Å². The van der Waals surface area contributed by atoms with Gasteiger partial charge in [-0.3, -0.25) is 0 Å². The molecule has 0 spiro atoms. The molecule has 222 valence electrons. The van der Waals surface area contributed by atoms with Crippen molar-refractivity contribution in [3.63, 3.8) is 0 Å². The second kappa shape index (κ2) is 13.6. The molecule has 2 aromatic heterocycles. The Morgan fingerprint density at radius 2 is 1.81 bits per heavy atom. The molecule has 1 fully saturated rings. The molecule has 1 aliphatic rings. The van der Waals surface area contributed by atoms with Crippen molar-refractivity contribution in [2.45, 2.75) is 38.7 Å². The van der Waals surface area contributed by atoms with Crippen molar-refractivity contribution in [3.05, 3.63) is 60.4 Å². The van der Waals surface area contributed by atoms with Gasteiger partial charge in [-0.1, -0.05) is 6.92 Å². The number of ether oxygens (including phenoxy) is 3. The van der Waals surface area contributed by atoms with E-state index in [1.807, 2.05) is 12.1 Å². The lowest BCUT2D eigenvalue weighted by atomic mass is 10.1. The van der Waals surface area contributed by atoms with E-state index >= 15 is 0 Å². The highest BCUT2D eigenvalue weighted by molar-refractivity contribution is 5.77. The van der Waals surface area contributed by atoms with Gasteiger partial charge in [-0.2, -0.15) is 0 Å². The zero-order valence-electron chi connectivity index (χ0n) is 24.1. The van der Waals surface area contributed by atoms with Gasteiger partial charge in [0.05, 0.1) is 20.8 Å². The molecule has 1 aliphatic heterocycles. The van der Waals surface area contributed by atoms with Crippen LogP contribution < -0.4 is 19.5 Å². The third kappa shape index (κ3) is 6.97. The highest BCUT2D eigenvalue weighted by Gasteiger charge is 2.22. The van der Waals surface area contributed by atoms with Crippen LogP contribution in [0.15, 0.2) is 53.1 Å². The first kappa shape index (κ1) is 29.3. The highest BCUT2D eigenvalue weighted by Crippen LogP contribution is 2.36. The van der Waals surface area contributed by atoms with Gasteiger partial charge >= 0.3 is 0 Å². The summed E-state index contributed by atoms with van der Waals surface area (Å²) in [4.78, 5) is 15.9. The fraction of sp³-hybridized carbons (Fsp3) is 0.387. The number of hydrogen-bond acceptors (Lipinski definition) is 10. The van der Waals surface area contributed by atoms with E-state index in [0.717, 1.165) is 37.9 Å². The predicted molar refractivity (Wildman–Crippen MR) is 157 cm³/mol. The summed E-state index contributed by atoms with van der Waals surface area (Å²) in [5.74, 6) is 2.35. The number of hydrogen-bond donors (Lipinski definition) is 2. The number of likely N-dealkylation sites (tertiary alicyclic amines) is 1. The smallest absolute Gasteiger partial charge is 0.227 e. The molecule has 0 aliphatic carbocycles. The van der Waals surface area contributed by atoms with Crippen molar-refractivity contribution in [2.24, 2.45) is 0 Å². The van der Waals surface area contributed by atoms with E-state index in [-0.39, 0.29) is 24.4 Å². The number of nitrogens with zero attached hydrogens (tertiary/aromatic N) is 4. The lowest BCUT2D eigenvalue weighted by Crippen LogP contribution is -2.39. The number of aromatic nitrogens is 3. The van der Waals surface area contributed by atoms with Crippen LogP contribution in [0.3, 0.4) is 0 Å². The minimum Gasteiger partial charge on any atom is -0.497 e. The van der Waals surface area contributed by atoms with E-state index < -0.39 is 5.82 Å². The van der Waals surface area contributed by atoms with Crippen LogP contribution in [0.2, 0.25) is 0 Å². The molecule has 0 radical (unpaired) electrons. The minimum absolute atomic E-state index is 0.0634. The molecule has 0 atom stereocenters. The molecule has 1 saturated heterocycles. The Balaban J connectivity index is 1.35. The van der Waals surface area contributed by atoms with E-state index in [1.165, 1.54) is 6.07 Å². The summed E-state index contributed by atoms with van der Waals surface area (Å²) in [5.41, 5.74) is 2.37. The average molecular weight is 578 g/mol. The molecule has 42 heavy (non-hydrogen) atoms. The van der Waals surface area contributed by atoms with Gasteiger partial charge < -0.3 is 34.0 Å². The SMILES string of the molecule is CCCc1nc(-c2cc(OC)cc(OC)c2)c(-c2ccnc(Nc3ccc(OC4CCN(CCO)CC4)c(F)c3)n2)o1. The van der Waals surface area contributed by atoms with Crippen molar-refractivity contribution in [1.29, 1.82) is 0 Å².